The van der Waals surface area contributed by atoms with Crippen molar-refractivity contribution in [1.82, 2.24) is 10.2 Å². The number of aromatic nitrogens is 2. The van der Waals surface area contributed by atoms with Crippen LogP contribution in [-0.4, -0.2) is 24.4 Å². The monoisotopic (exact) mass is 283 g/mol. The SMILES string of the molecule is CC(=O)c1cccc(S(=O)(=O)Nc2nncs2)c1. The van der Waals surface area contributed by atoms with Crippen LogP contribution in [0.3, 0.4) is 0 Å². The number of sulfonamides is 1. The smallest absolute Gasteiger partial charge is 0.263 e. The number of Topliss-reactive ketones (excluding diaryl/α,β-unsaturated/α-hetero) is 1. The lowest BCUT2D eigenvalue weighted by Crippen LogP contribution is -2.13. The van der Waals surface area contributed by atoms with Crippen molar-refractivity contribution in [3.63, 3.8) is 0 Å². The maximum absolute atomic E-state index is 12.0. The van der Waals surface area contributed by atoms with Crippen molar-refractivity contribution in [3.05, 3.63) is 35.3 Å². The molecule has 1 N–H and O–H groups in total. The van der Waals surface area contributed by atoms with E-state index in [1.807, 2.05) is 0 Å². The minimum absolute atomic E-state index is 0.0189. The van der Waals surface area contributed by atoms with E-state index in [1.165, 1.54) is 30.6 Å². The first-order valence-electron chi connectivity index (χ1n) is 4.89. The molecule has 6 nitrogen and oxygen atoms in total. The Hall–Kier alpha value is -1.80. The maximum atomic E-state index is 12.0. The molecule has 1 aromatic carbocycles. The number of benzene rings is 1. The Morgan fingerprint density at radius 1 is 1.39 bits per heavy atom. The standard InChI is InChI=1S/C10H9N3O3S2/c1-7(14)8-3-2-4-9(5-8)18(15,16)13-10-12-11-6-17-10/h2-6H,1H3,(H,12,13). The lowest BCUT2D eigenvalue weighted by atomic mass is 10.2. The zero-order valence-electron chi connectivity index (χ0n) is 9.32. The van der Waals surface area contributed by atoms with E-state index < -0.39 is 10.0 Å². The van der Waals surface area contributed by atoms with Crippen LogP contribution in [0.15, 0.2) is 34.7 Å². The molecule has 0 amide bonds. The highest BCUT2D eigenvalue weighted by atomic mass is 32.2. The van der Waals surface area contributed by atoms with Crippen LogP contribution in [0, 0.1) is 0 Å². The Bertz CT molecular complexity index is 665. The van der Waals surface area contributed by atoms with Gasteiger partial charge in [0.25, 0.3) is 10.0 Å². The van der Waals surface area contributed by atoms with Crippen LogP contribution in [0.5, 0.6) is 0 Å². The molecule has 0 spiro atoms. The van der Waals surface area contributed by atoms with Crippen LogP contribution in [-0.2, 0) is 10.0 Å². The molecule has 94 valence electrons. The highest BCUT2D eigenvalue weighted by Gasteiger charge is 2.16. The third-order valence-electron chi connectivity index (χ3n) is 2.13. The number of nitrogens with one attached hydrogen (secondary N) is 1. The summed E-state index contributed by atoms with van der Waals surface area (Å²) < 4.78 is 26.3. The van der Waals surface area contributed by atoms with Crippen molar-refractivity contribution in [2.24, 2.45) is 0 Å². The van der Waals surface area contributed by atoms with Crippen molar-refractivity contribution >= 4 is 32.3 Å². The van der Waals surface area contributed by atoms with Gasteiger partial charge in [0.05, 0.1) is 4.90 Å². The van der Waals surface area contributed by atoms with E-state index in [2.05, 4.69) is 14.9 Å². The van der Waals surface area contributed by atoms with Gasteiger partial charge in [-0.2, -0.15) is 0 Å². The summed E-state index contributed by atoms with van der Waals surface area (Å²) in [6.45, 7) is 1.38. The van der Waals surface area contributed by atoms with E-state index in [0.717, 1.165) is 11.3 Å². The molecule has 0 atom stereocenters. The minimum atomic E-state index is -3.73. The molecule has 8 heteroatoms. The fourth-order valence-electron chi connectivity index (χ4n) is 1.27. The van der Waals surface area contributed by atoms with Gasteiger partial charge in [-0.1, -0.05) is 23.5 Å². The first-order chi connectivity index (χ1) is 8.49. The molecule has 18 heavy (non-hydrogen) atoms. The van der Waals surface area contributed by atoms with Crippen LogP contribution < -0.4 is 4.72 Å². The highest BCUT2D eigenvalue weighted by Crippen LogP contribution is 2.17. The van der Waals surface area contributed by atoms with Gasteiger partial charge >= 0.3 is 0 Å². The summed E-state index contributed by atoms with van der Waals surface area (Å²) in [6.07, 6.45) is 0. The molecule has 0 aliphatic rings. The van der Waals surface area contributed by atoms with E-state index in [4.69, 9.17) is 0 Å². The summed E-state index contributed by atoms with van der Waals surface area (Å²) >= 11 is 1.08. The first-order valence-corrected chi connectivity index (χ1v) is 7.25. The van der Waals surface area contributed by atoms with Crippen LogP contribution >= 0.6 is 11.3 Å². The molecule has 0 unspecified atom stereocenters. The average Bonchev–Trinajstić information content (AvgIpc) is 2.81. The van der Waals surface area contributed by atoms with Crippen molar-refractivity contribution in [2.75, 3.05) is 4.72 Å². The van der Waals surface area contributed by atoms with Crippen molar-refractivity contribution in [3.8, 4) is 0 Å². The van der Waals surface area contributed by atoms with Gasteiger partial charge in [0, 0.05) is 5.56 Å². The average molecular weight is 283 g/mol. The Labute approximate surface area is 108 Å². The quantitative estimate of drug-likeness (QED) is 0.860. The zero-order chi connectivity index (χ0) is 13.2. The van der Waals surface area contributed by atoms with Crippen LogP contribution in [0.4, 0.5) is 5.13 Å². The number of carbonyl (C=O) groups excluding carboxylic acids is 1. The summed E-state index contributed by atoms with van der Waals surface area (Å²) in [4.78, 5) is 11.2. The number of anilines is 1. The Morgan fingerprint density at radius 2 is 2.17 bits per heavy atom. The fraction of sp³-hybridized carbons (Fsp3) is 0.100. The normalized spacial score (nSPS) is 11.2. The second kappa shape index (κ2) is 4.83. The van der Waals surface area contributed by atoms with Gasteiger partial charge in [0.1, 0.15) is 5.51 Å². The largest absolute Gasteiger partial charge is 0.295 e. The molecule has 1 heterocycles. The lowest BCUT2D eigenvalue weighted by molar-refractivity contribution is 0.101. The molecule has 0 aliphatic heterocycles. The fourth-order valence-corrected chi connectivity index (χ4v) is 3.01. The molecule has 1 aromatic heterocycles. The molecule has 0 fully saturated rings. The van der Waals surface area contributed by atoms with Crippen molar-refractivity contribution in [1.29, 1.82) is 0 Å². The van der Waals surface area contributed by atoms with E-state index in [-0.39, 0.29) is 15.8 Å². The zero-order valence-corrected chi connectivity index (χ0v) is 11.0. The molecular formula is C10H9N3O3S2. The third kappa shape index (κ3) is 2.71. The summed E-state index contributed by atoms with van der Waals surface area (Å²) in [5, 5.41) is 7.31. The number of hydrogen-bond acceptors (Lipinski definition) is 6. The van der Waals surface area contributed by atoms with E-state index in [0.29, 0.717) is 5.56 Å². The number of rotatable bonds is 4. The number of hydrogen-bond donors (Lipinski definition) is 1. The molecule has 0 saturated heterocycles. The van der Waals surface area contributed by atoms with E-state index in [1.54, 1.807) is 6.07 Å². The van der Waals surface area contributed by atoms with Gasteiger partial charge in [-0.15, -0.1) is 10.2 Å². The van der Waals surface area contributed by atoms with Crippen molar-refractivity contribution < 1.29 is 13.2 Å². The second-order valence-electron chi connectivity index (χ2n) is 3.43. The molecular weight excluding hydrogens is 274 g/mol. The number of ketones is 1. The van der Waals surface area contributed by atoms with Gasteiger partial charge in [-0.25, -0.2) is 8.42 Å². The third-order valence-corrected chi connectivity index (χ3v) is 4.21. The second-order valence-corrected chi connectivity index (χ2v) is 5.95. The number of carbonyl (C=O) groups is 1. The van der Waals surface area contributed by atoms with Gasteiger partial charge in [0.15, 0.2) is 5.78 Å². The molecule has 0 saturated carbocycles. The topological polar surface area (TPSA) is 89.0 Å². The summed E-state index contributed by atoms with van der Waals surface area (Å²) in [6, 6.07) is 5.82. The number of nitrogens with zero attached hydrogens (tertiary/aromatic N) is 2. The predicted octanol–water partition coefficient (Wildman–Crippen LogP) is 1.54. The summed E-state index contributed by atoms with van der Waals surface area (Å²) in [7, 11) is -3.73. The van der Waals surface area contributed by atoms with E-state index >= 15 is 0 Å². The van der Waals surface area contributed by atoms with Crippen LogP contribution in [0.2, 0.25) is 0 Å². The Kier molecular flexibility index (Phi) is 3.39. The minimum Gasteiger partial charge on any atom is -0.295 e. The summed E-state index contributed by atoms with van der Waals surface area (Å²) in [5.41, 5.74) is 1.76. The van der Waals surface area contributed by atoms with Gasteiger partial charge < -0.3 is 0 Å². The van der Waals surface area contributed by atoms with Gasteiger partial charge in [-0.05, 0) is 19.1 Å². The van der Waals surface area contributed by atoms with Crippen molar-refractivity contribution in [2.45, 2.75) is 11.8 Å². The predicted molar refractivity (Wildman–Crippen MR) is 67.2 cm³/mol. The highest BCUT2D eigenvalue weighted by molar-refractivity contribution is 7.93. The lowest BCUT2D eigenvalue weighted by Gasteiger charge is -2.05. The Balaban J connectivity index is 2.35. The van der Waals surface area contributed by atoms with Gasteiger partial charge in [0.2, 0.25) is 5.13 Å². The van der Waals surface area contributed by atoms with Crippen LogP contribution in [0.1, 0.15) is 17.3 Å². The molecule has 0 bridgehead atoms. The first kappa shape index (κ1) is 12.7. The summed E-state index contributed by atoms with van der Waals surface area (Å²) in [5.74, 6) is -0.192. The van der Waals surface area contributed by atoms with Crippen LogP contribution in [0.25, 0.3) is 0 Å². The molecule has 0 aliphatic carbocycles. The van der Waals surface area contributed by atoms with E-state index in [9.17, 15) is 13.2 Å². The Morgan fingerprint density at radius 3 is 2.78 bits per heavy atom. The van der Waals surface area contributed by atoms with Gasteiger partial charge in [-0.3, -0.25) is 9.52 Å². The maximum Gasteiger partial charge on any atom is 0.263 e. The molecule has 2 rings (SSSR count). The molecule has 0 radical (unpaired) electrons. The molecule has 2 aromatic rings.